The maximum absolute atomic E-state index is 11.2. The standard InChI is InChI=1S/C14H20BrNO3/c1-3-19-14(18)8-11(17)9-16-10(2)12-6-4-5-7-13(12)15/h4-7,10-11,16-17H,3,8-9H2,1-2H3/t10-,11?/m1/s1. The number of halogens is 1. The first-order valence-corrected chi connectivity index (χ1v) is 7.15. The van der Waals surface area contributed by atoms with E-state index in [0.717, 1.165) is 10.0 Å². The molecule has 5 heteroatoms. The van der Waals surface area contributed by atoms with E-state index in [1.54, 1.807) is 6.92 Å². The number of carbonyl (C=O) groups is 1. The number of carbonyl (C=O) groups excluding carboxylic acids is 1. The highest BCUT2D eigenvalue weighted by molar-refractivity contribution is 9.10. The number of hydrogen-bond donors (Lipinski definition) is 2. The van der Waals surface area contributed by atoms with Crippen LogP contribution in [0.2, 0.25) is 0 Å². The average Bonchev–Trinajstić information content (AvgIpc) is 2.36. The molecule has 0 aliphatic heterocycles. The maximum atomic E-state index is 11.2. The topological polar surface area (TPSA) is 58.6 Å². The molecule has 0 saturated carbocycles. The predicted molar refractivity (Wildman–Crippen MR) is 77.8 cm³/mol. The van der Waals surface area contributed by atoms with E-state index >= 15 is 0 Å². The van der Waals surface area contributed by atoms with Gasteiger partial charge in [-0.05, 0) is 25.5 Å². The van der Waals surface area contributed by atoms with Gasteiger partial charge in [0.05, 0.1) is 19.1 Å². The molecule has 0 amide bonds. The minimum Gasteiger partial charge on any atom is -0.466 e. The average molecular weight is 330 g/mol. The summed E-state index contributed by atoms with van der Waals surface area (Å²) in [6, 6.07) is 8.00. The van der Waals surface area contributed by atoms with Gasteiger partial charge >= 0.3 is 5.97 Å². The fraction of sp³-hybridized carbons (Fsp3) is 0.500. The van der Waals surface area contributed by atoms with Crippen LogP contribution in [0, 0.1) is 0 Å². The third-order valence-electron chi connectivity index (χ3n) is 2.74. The third-order valence-corrected chi connectivity index (χ3v) is 3.46. The Morgan fingerprint density at radius 1 is 1.47 bits per heavy atom. The Morgan fingerprint density at radius 3 is 2.79 bits per heavy atom. The van der Waals surface area contributed by atoms with Crippen molar-refractivity contribution in [3.05, 3.63) is 34.3 Å². The molecule has 0 heterocycles. The fourth-order valence-corrected chi connectivity index (χ4v) is 2.36. The molecule has 0 bridgehead atoms. The van der Waals surface area contributed by atoms with E-state index in [4.69, 9.17) is 4.74 Å². The molecule has 1 aromatic carbocycles. The SMILES string of the molecule is CCOC(=O)CC(O)CN[C@H](C)c1ccccc1Br. The largest absolute Gasteiger partial charge is 0.466 e. The van der Waals surface area contributed by atoms with Gasteiger partial charge in [-0.3, -0.25) is 4.79 Å². The van der Waals surface area contributed by atoms with Crippen LogP contribution >= 0.6 is 15.9 Å². The molecule has 2 atom stereocenters. The van der Waals surface area contributed by atoms with Crippen LogP contribution in [0.4, 0.5) is 0 Å². The summed E-state index contributed by atoms with van der Waals surface area (Å²) in [4.78, 5) is 11.2. The molecule has 0 spiro atoms. The Bertz CT molecular complexity index is 411. The molecule has 0 aliphatic carbocycles. The molecule has 0 fully saturated rings. The molecule has 0 saturated heterocycles. The molecule has 1 rings (SSSR count). The number of esters is 1. The second-order valence-electron chi connectivity index (χ2n) is 4.31. The molecule has 106 valence electrons. The summed E-state index contributed by atoms with van der Waals surface area (Å²) in [6.45, 7) is 4.45. The summed E-state index contributed by atoms with van der Waals surface area (Å²) in [5.41, 5.74) is 1.12. The molecule has 19 heavy (non-hydrogen) atoms. The van der Waals surface area contributed by atoms with Crippen molar-refractivity contribution in [2.75, 3.05) is 13.2 Å². The zero-order chi connectivity index (χ0) is 14.3. The van der Waals surface area contributed by atoms with Gasteiger partial charge in [0.2, 0.25) is 0 Å². The number of nitrogens with one attached hydrogen (secondary N) is 1. The summed E-state index contributed by atoms with van der Waals surface area (Å²) in [7, 11) is 0. The van der Waals surface area contributed by atoms with Crippen LogP contribution in [-0.4, -0.2) is 30.3 Å². The Balaban J connectivity index is 2.40. The first kappa shape index (κ1) is 16.1. The summed E-state index contributed by atoms with van der Waals surface area (Å²) >= 11 is 3.49. The van der Waals surface area contributed by atoms with Gasteiger partial charge in [-0.15, -0.1) is 0 Å². The summed E-state index contributed by atoms with van der Waals surface area (Å²) in [5.74, 6) is -0.370. The van der Waals surface area contributed by atoms with Gasteiger partial charge in [0.1, 0.15) is 0 Å². The zero-order valence-corrected chi connectivity index (χ0v) is 12.8. The van der Waals surface area contributed by atoms with Gasteiger partial charge in [0.25, 0.3) is 0 Å². The van der Waals surface area contributed by atoms with E-state index in [0.29, 0.717) is 13.2 Å². The van der Waals surface area contributed by atoms with Gasteiger partial charge in [-0.2, -0.15) is 0 Å². The van der Waals surface area contributed by atoms with Crippen LogP contribution in [0.1, 0.15) is 31.9 Å². The molecular formula is C14H20BrNO3. The minimum absolute atomic E-state index is 0.0174. The maximum Gasteiger partial charge on any atom is 0.308 e. The smallest absolute Gasteiger partial charge is 0.308 e. The van der Waals surface area contributed by atoms with Crippen LogP contribution in [0.3, 0.4) is 0 Å². The lowest BCUT2D eigenvalue weighted by molar-refractivity contribution is -0.145. The second-order valence-corrected chi connectivity index (χ2v) is 5.17. The molecule has 1 aromatic rings. The Hall–Kier alpha value is -0.910. The van der Waals surface area contributed by atoms with Crippen molar-refractivity contribution in [3.8, 4) is 0 Å². The lowest BCUT2D eigenvalue weighted by Gasteiger charge is -2.18. The summed E-state index contributed by atoms with van der Waals surface area (Å²) in [6.07, 6.45) is -0.715. The van der Waals surface area contributed by atoms with Gasteiger partial charge in [-0.25, -0.2) is 0 Å². The van der Waals surface area contributed by atoms with Crippen molar-refractivity contribution in [1.29, 1.82) is 0 Å². The third kappa shape index (κ3) is 5.72. The second kappa shape index (κ2) is 8.30. The summed E-state index contributed by atoms with van der Waals surface area (Å²) < 4.78 is 5.81. The van der Waals surface area contributed by atoms with Crippen LogP contribution < -0.4 is 5.32 Å². The first-order chi connectivity index (χ1) is 9.04. The molecule has 0 aromatic heterocycles. The first-order valence-electron chi connectivity index (χ1n) is 6.36. The molecule has 0 radical (unpaired) electrons. The van der Waals surface area contributed by atoms with E-state index in [2.05, 4.69) is 21.2 Å². The van der Waals surface area contributed by atoms with Crippen molar-refractivity contribution in [1.82, 2.24) is 5.32 Å². The van der Waals surface area contributed by atoms with Gasteiger partial charge in [0.15, 0.2) is 0 Å². The van der Waals surface area contributed by atoms with E-state index in [1.807, 2.05) is 31.2 Å². The molecule has 4 nitrogen and oxygen atoms in total. The van der Waals surface area contributed by atoms with Crippen molar-refractivity contribution in [2.24, 2.45) is 0 Å². The predicted octanol–water partition coefficient (Wildman–Crippen LogP) is 2.41. The lowest BCUT2D eigenvalue weighted by atomic mass is 10.1. The van der Waals surface area contributed by atoms with E-state index in [-0.39, 0.29) is 18.4 Å². The normalized spacial score (nSPS) is 13.9. The number of benzene rings is 1. The molecular weight excluding hydrogens is 310 g/mol. The quantitative estimate of drug-likeness (QED) is 0.754. The Labute approximate surface area is 122 Å². The van der Waals surface area contributed by atoms with Crippen LogP contribution in [-0.2, 0) is 9.53 Å². The van der Waals surface area contributed by atoms with Crippen molar-refractivity contribution < 1.29 is 14.6 Å². The van der Waals surface area contributed by atoms with E-state index < -0.39 is 6.10 Å². The van der Waals surface area contributed by atoms with Gasteiger partial charge in [-0.1, -0.05) is 34.1 Å². The van der Waals surface area contributed by atoms with E-state index in [9.17, 15) is 9.90 Å². The van der Waals surface area contributed by atoms with Crippen LogP contribution in [0.5, 0.6) is 0 Å². The molecule has 0 aliphatic rings. The van der Waals surface area contributed by atoms with Crippen molar-refractivity contribution >= 4 is 21.9 Å². The highest BCUT2D eigenvalue weighted by Gasteiger charge is 2.14. The number of rotatable bonds is 7. The highest BCUT2D eigenvalue weighted by Crippen LogP contribution is 2.22. The Kier molecular flexibility index (Phi) is 7.05. The highest BCUT2D eigenvalue weighted by atomic mass is 79.9. The number of hydrogen-bond acceptors (Lipinski definition) is 4. The lowest BCUT2D eigenvalue weighted by Crippen LogP contribution is -2.31. The summed E-state index contributed by atoms with van der Waals surface area (Å²) in [5, 5.41) is 12.9. The number of ether oxygens (including phenoxy) is 1. The fourth-order valence-electron chi connectivity index (χ4n) is 1.73. The van der Waals surface area contributed by atoms with Gasteiger partial charge in [0, 0.05) is 17.1 Å². The van der Waals surface area contributed by atoms with Gasteiger partial charge < -0.3 is 15.2 Å². The van der Waals surface area contributed by atoms with E-state index in [1.165, 1.54) is 0 Å². The van der Waals surface area contributed by atoms with Crippen molar-refractivity contribution in [3.63, 3.8) is 0 Å². The number of aliphatic hydroxyl groups is 1. The molecule has 1 unspecified atom stereocenters. The van der Waals surface area contributed by atoms with Crippen LogP contribution in [0.15, 0.2) is 28.7 Å². The molecule has 2 N–H and O–H groups in total. The minimum atomic E-state index is -0.732. The van der Waals surface area contributed by atoms with Crippen LogP contribution in [0.25, 0.3) is 0 Å². The number of aliphatic hydroxyl groups excluding tert-OH is 1. The zero-order valence-electron chi connectivity index (χ0n) is 11.2. The van der Waals surface area contributed by atoms with Crippen molar-refractivity contribution in [2.45, 2.75) is 32.4 Å². The Morgan fingerprint density at radius 2 is 2.16 bits per heavy atom. The monoisotopic (exact) mass is 329 g/mol.